The molecule has 0 saturated carbocycles. The zero-order valence-electron chi connectivity index (χ0n) is 11.4. The van der Waals surface area contributed by atoms with Crippen molar-refractivity contribution in [2.75, 3.05) is 42.7 Å². The molecule has 0 N–H and O–H groups in total. The first-order valence-electron chi connectivity index (χ1n) is 6.57. The molecule has 7 heteroatoms. The summed E-state index contributed by atoms with van der Waals surface area (Å²) < 4.78 is 23.3. The van der Waals surface area contributed by atoms with Gasteiger partial charge in [-0.1, -0.05) is 18.5 Å². The largest absolute Gasteiger partial charge is 0.368 e. The van der Waals surface area contributed by atoms with Crippen LogP contribution >= 0.6 is 24.2 Å². The Labute approximate surface area is 131 Å². The molecule has 0 spiro atoms. The molecule has 0 unspecified atom stereocenters. The molecule has 0 bridgehead atoms. The molecule has 112 valence electrons. The Morgan fingerprint density at radius 1 is 1.25 bits per heavy atom. The summed E-state index contributed by atoms with van der Waals surface area (Å²) >= 11 is 10.5. The van der Waals surface area contributed by atoms with Crippen LogP contribution in [0.25, 0.3) is 0 Å². The minimum atomic E-state index is -2.94. The zero-order valence-corrected chi connectivity index (χ0v) is 13.9. The van der Waals surface area contributed by atoms with Crippen molar-refractivity contribution in [2.45, 2.75) is 11.8 Å². The molecule has 0 aliphatic carbocycles. The highest BCUT2D eigenvalue weighted by atomic mass is 35.5. The molecule has 1 fully saturated rings. The first kappa shape index (κ1) is 15.9. The van der Waals surface area contributed by atoms with Crippen LogP contribution in [-0.2, 0) is 9.84 Å². The molecule has 2 rings (SSSR count). The van der Waals surface area contributed by atoms with Crippen molar-refractivity contribution in [3.63, 3.8) is 0 Å². The highest BCUT2D eigenvalue weighted by Gasteiger charge is 2.22. The second-order valence-electron chi connectivity index (χ2n) is 4.90. The van der Waals surface area contributed by atoms with Gasteiger partial charge >= 0.3 is 0 Å². The number of hydrogen-bond donors (Lipinski definition) is 1. The highest BCUT2D eigenvalue weighted by molar-refractivity contribution is 7.91. The van der Waals surface area contributed by atoms with Gasteiger partial charge in [0.2, 0.25) is 0 Å². The number of piperazine rings is 1. The lowest BCUT2D eigenvalue weighted by atomic mass is 10.2. The van der Waals surface area contributed by atoms with Gasteiger partial charge in [-0.3, -0.25) is 4.90 Å². The predicted molar refractivity (Wildman–Crippen MR) is 86.8 cm³/mol. The SMILES string of the molecule is CCS(=O)(=O)CN1CCN(c2ccc(S)cc2Cl)CC1. The van der Waals surface area contributed by atoms with Crippen LogP contribution in [0.4, 0.5) is 5.69 Å². The standard InChI is InChI=1S/C13H19ClN2O2S2/c1-2-20(17,18)10-15-5-7-16(8-6-15)13-4-3-11(19)9-12(13)14/h3-4,9,19H,2,5-8,10H2,1H3. The van der Waals surface area contributed by atoms with Crippen molar-refractivity contribution >= 4 is 39.8 Å². The van der Waals surface area contributed by atoms with E-state index >= 15 is 0 Å². The molecule has 4 nitrogen and oxygen atoms in total. The summed E-state index contributed by atoms with van der Waals surface area (Å²) in [5.74, 6) is 0.350. The van der Waals surface area contributed by atoms with Gasteiger partial charge in [0.15, 0.2) is 9.84 Å². The molecule has 20 heavy (non-hydrogen) atoms. The van der Waals surface area contributed by atoms with Gasteiger partial charge in [0.05, 0.1) is 10.7 Å². The molecule has 1 aromatic carbocycles. The molecular formula is C13H19ClN2O2S2. The van der Waals surface area contributed by atoms with Crippen molar-refractivity contribution < 1.29 is 8.42 Å². The maximum Gasteiger partial charge on any atom is 0.163 e. The smallest absolute Gasteiger partial charge is 0.163 e. The summed E-state index contributed by atoms with van der Waals surface area (Å²) in [4.78, 5) is 5.01. The van der Waals surface area contributed by atoms with Crippen LogP contribution in [0.2, 0.25) is 5.02 Å². The summed E-state index contributed by atoms with van der Waals surface area (Å²) in [6.45, 7) is 4.72. The number of rotatable bonds is 4. The Balaban J connectivity index is 1.97. The number of benzene rings is 1. The fraction of sp³-hybridized carbons (Fsp3) is 0.538. The summed E-state index contributed by atoms with van der Waals surface area (Å²) in [6.07, 6.45) is 0. The van der Waals surface area contributed by atoms with Crippen molar-refractivity contribution in [3.8, 4) is 0 Å². The Bertz CT molecular complexity index is 570. The number of nitrogens with zero attached hydrogens (tertiary/aromatic N) is 2. The molecule has 1 aliphatic heterocycles. The fourth-order valence-electron chi connectivity index (χ4n) is 2.24. The van der Waals surface area contributed by atoms with Crippen LogP contribution in [0.5, 0.6) is 0 Å². The van der Waals surface area contributed by atoms with Crippen LogP contribution in [-0.4, -0.2) is 51.1 Å². The van der Waals surface area contributed by atoms with Crippen LogP contribution in [0.15, 0.2) is 23.1 Å². The van der Waals surface area contributed by atoms with E-state index in [4.69, 9.17) is 11.6 Å². The lowest BCUT2D eigenvalue weighted by Gasteiger charge is -2.36. The number of sulfone groups is 1. The lowest BCUT2D eigenvalue weighted by Crippen LogP contribution is -2.48. The Morgan fingerprint density at radius 2 is 1.90 bits per heavy atom. The van der Waals surface area contributed by atoms with Gasteiger partial charge in [-0.05, 0) is 18.2 Å². The molecule has 0 radical (unpaired) electrons. The maximum absolute atomic E-state index is 11.6. The molecule has 0 aromatic heterocycles. The summed E-state index contributed by atoms with van der Waals surface area (Å²) in [5, 5.41) is 0.687. The van der Waals surface area contributed by atoms with Crippen molar-refractivity contribution in [2.24, 2.45) is 0 Å². The Morgan fingerprint density at radius 3 is 2.45 bits per heavy atom. The number of thiol groups is 1. The van der Waals surface area contributed by atoms with Crippen molar-refractivity contribution in [1.82, 2.24) is 4.90 Å². The highest BCUT2D eigenvalue weighted by Crippen LogP contribution is 2.28. The number of anilines is 1. The second kappa shape index (κ2) is 6.56. The van der Waals surface area contributed by atoms with E-state index in [0.717, 1.165) is 36.8 Å². The van der Waals surface area contributed by atoms with Gasteiger partial charge in [-0.2, -0.15) is 0 Å². The quantitative estimate of drug-likeness (QED) is 0.857. The summed E-state index contributed by atoms with van der Waals surface area (Å²) in [7, 11) is -2.94. The van der Waals surface area contributed by atoms with E-state index in [2.05, 4.69) is 17.5 Å². The van der Waals surface area contributed by atoms with Gasteiger partial charge in [0.25, 0.3) is 0 Å². The van der Waals surface area contributed by atoms with Gasteiger partial charge in [-0.15, -0.1) is 12.6 Å². The van der Waals surface area contributed by atoms with E-state index in [9.17, 15) is 8.42 Å². The van der Waals surface area contributed by atoms with E-state index in [1.807, 2.05) is 23.1 Å². The Hall–Kier alpha value is -0.430. The number of halogens is 1. The molecule has 1 saturated heterocycles. The van der Waals surface area contributed by atoms with E-state index < -0.39 is 9.84 Å². The average molecular weight is 335 g/mol. The average Bonchev–Trinajstić information content (AvgIpc) is 2.40. The molecule has 0 atom stereocenters. The first-order valence-corrected chi connectivity index (χ1v) is 9.22. The van der Waals surface area contributed by atoms with Gasteiger partial charge < -0.3 is 4.90 Å². The first-order chi connectivity index (χ1) is 9.41. The topological polar surface area (TPSA) is 40.6 Å². The molecular weight excluding hydrogens is 316 g/mol. The third kappa shape index (κ3) is 4.04. The minimum Gasteiger partial charge on any atom is -0.368 e. The van der Waals surface area contributed by atoms with Crippen LogP contribution in [0.1, 0.15) is 6.92 Å². The van der Waals surface area contributed by atoms with Crippen molar-refractivity contribution in [1.29, 1.82) is 0 Å². The van der Waals surface area contributed by atoms with E-state index in [-0.39, 0.29) is 11.6 Å². The van der Waals surface area contributed by atoms with Crippen LogP contribution in [0.3, 0.4) is 0 Å². The summed E-state index contributed by atoms with van der Waals surface area (Å²) in [5.41, 5.74) is 0.988. The van der Waals surface area contributed by atoms with Crippen LogP contribution < -0.4 is 4.90 Å². The molecule has 0 amide bonds. The molecule has 1 heterocycles. The van der Waals surface area contributed by atoms with Gasteiger partial charge in [-0.25, -0.2) is 8.42 Å². The van der Waals surface area contributed by atoms with E-state index in [1.165, 1.54) is 0 Å². The van der Waals surface area contributed by atoms with E-state index in [1.54, 1.807) is 6.92 Å². The third-order valence-electron chi connectivity index (χ3n) is 3.46. The van der Waals surface area contributed by atoms with Gasteiger partial charge in [0.1, 0.15) is 5.88 Å². The summed E-state index contributed by atoms with van der Waals surface area (Å²) in [6, 6.07) is 5.70. The van der Waals surface area contributed by atoms with Crippen molar-refractivity contribution in [3.05, 3.63) is 23.2 Å². The molecule has 1 aliphatic rings. The maximum atomic E-state index is 11.6. The fourth-order valence-corrected chi connectivity index (χ4v) is 3.82. The Kier molecular flexibility index (Phi) is 5.23. The molecule has 1 aromatic rings. The predicted octanol–water partition coefficient (Wildman–Crippen LogP) is 2.14. The minimum absolute atomic E-state index is 0.153. The number of hydrogen-bond acceptors (Lipinski definition) is 5. The van der Waals surface area contributed by atoms with E-state index in [0.29, 0.717) is 5.02 Å². The lowest BCUT2D eigenvalue weighted by molar-refractivity contribution is 0.294. The van der Waals surface area contributed by atoms with Crippen LogP contribution in [0, 0.1) is 0 Å². The van der Waals surface area contributed by atoms with Gasteiger partial charge in [0, 0.05) is 36.8 Å². The monoisotopic (exact) mass is 334 g/mol. The zero-order chi connectivity index (χ0) is 14.8. The second-order valence-corrected chi connectivity index (χ2v) is 8.15. The third-order valence-corrected chi connectivity index (χ3v) is 5.68. The normalized spacial score (nSPS) is 17.4.